The Morgan fingerprint density at radius 2 is 2.03 bits per heavy atom. The Labute approximate surface area is 175 Å². The van der Waals surface area contributed by atoms with E-state index in [0.29, 0.717) is 21.5 Å². The third kappa shape index (κ3) is 3.30. The van der Waals surface area contributed by atoms with Gasteiger partial charge in [0, 0.05) is 18.6 Å². The minimum atomic E-state index is -0.171. The summed E-state index contributed by atoms with van der Waals surface area (Å²) in [4.78, 5) is 23.3. The molecule has 0 aromatic carbocycles. The number of thiophene rings is 1. The Kier molecular flexibility index (Phi) is 4.57. The minimum Gasteiger partial charge on any atom is -0.444 e. The first-order valence-corrected chi connectivity index (χ1v) is 10.7. The number of amides is 1. The van der Waals surface area contributed by atoms with E-state index < -0.39 is 0 Å². The average Bonchev–Trinajstić information content (AvgIpc) is 3.35. The Morgan fingerprint density at radius 3 is 2.86 bits per heavy atom. The Bertz CT molecular complexity index is 1200. The summed E-state index contributed by atoms with van der Waals surface area (Å²) in [5.41, 5.74) is 3.99. The van der Waals surface area contributed by atoms with Crippen molar-refractivity contribution in [3.05, 3.63) is 70.6 Å². The number of ether oxygens (including phenoxy) is 1. The van der Waals surface area contributed by atoms with Gasteiger partial charge in [0.25, 0.3) is 5.91 Å². The molecular weight excluding hydrogens is 404 g/mol. The first-order valence-electron chi connectivity index (χ1n) is 9.12. The highest BCUT2D eigenvalue weighted by atomic mass is 32.1. The Balaban J connectivity index is 1.58. The lowest BCUT2D eigenvalue weighted by atomic mass is 9.93. The number of rotatable bonds is 4. The number of aryl methyl sites for hydroxylation is 2. The van der Waals surface area contributed by atoms with E-state index in [1.807, 2.05) is 37.4 Å². The minimum absolute atomic E-state index is 0.171. The van der Waals surface area contributed by atoms with E-state index in [9.17, 15) is 4.79 Å². The second-order valence-corrected chi connectivity index (χ2v) is 8.40. The summed E-state index contributed by atoms with van der Waals surface area (Å²) in [5, 5.41) is 3.60. The number of pyridine rings is 2. The Morgan fingerprint density at radius 1 is 1.14 bits per heavy atom. The third-order valence-corrected chi connectivity index (χ3v) is 6.73. The lowest BCUT2D eigenvalue weighted by molar-refractivity contribution is 0.102. The van der Waals surface area contributed by atoms with Gasteiger partial charge in [0.05, 0.1) is 21.0 Å². The van der Waals surface area contributed by atoms with Gasteiger partial charge in [-0.15, -0.1) is 0 Å². The maximum Gasteiger partial charge on any atom is 0.267 e. The molecule has 4 aromatic heterocycles. The van der Waals surface area contributed by atoms with Crippen LogP contribution in [0.2, 0.25) is 0 Å². The molecule has 144 valence electrons. The van der Waals surface area contributed by atoms with Crippen LogP contribution in [-0.4, -0.2) is 20.2 Å². The molecule has 0 spiro atoms. The molecule has 0 saturated heterocycles. The van der Waals surface area contributed by atoms with Crippen LogP contribution in [0.5, 0.6) is 10.8 Å². The van der Waals surface area contributed by atoms with Gasteiger partial charge in [0.2, 0.25) is 0 Å². The number of carbonyl (C=O) groups is 1. The highest BCUT2D eigenvalue weighted by molar-refractivity contribution is 7.17. The van der Waals surface area contributed by atoms with Crippen molar-refractivity contribution in [1.82, 2.24) is 14.3 Å². The smallest absolute Gasteiger partial charge is 0.267 e. The average molecular weight is 421 g/mol. The van der Waals surface area contributed by atoms with Gasteiger partial charge in [0.1, 0.15) is 11.6 Å². The van der Waals surface area contributed by atoms with Crippen LogP contribution >= 0.6 is 22.9 Å². The van der Waals surface area contributed by atoms with Crippen molar-refractivity contribution in [2.75, 3.05) is 5.32 Å². The summed E-state index contributed by atoms with van der Waals surface area (Å²) >= 11 is 2.81. The maximum atomic E-state index is 13.0. The summed E-state index contributed by atoms with van der Waals surface area (Å²) in [5.74, 6) is 1.04. The van der Waals surface area contributed by atoms with Crippen LogP contribution in [0.4, 0.5) is 5.82 Å². The van der Waals surface area contributed by atoms with Gasteiger partial charge in [0.15, 0.2) is 5.06 Å². The lowest BCUT2D eigenvalue weighted by Gasteiger charge is -2.14. The molecule has 8 heteroatoms. The lowest BCUT2D eigenvalue weighted by Crippen LogP contribution is -2.14. The van der Waals surface area contributed by atoms with Gasteiger partial charge in [-0.1, -0.05) is 17.4 Å². The first kappa shape index (κ1) is 18.0. The number of anilines is 1. The number of nitrogens with one attached hydrogen (secondary N) is 1. The number of hydrogen-bond acceptors (Lipinski definition) is 7. The van der Waals surface area contributed by atoms with Crippen LogP contribution in [-0.2, 0) is 12.8 Å². The van der Waals surface area contributed by atoms with E-state index in [2.05, 4.69) is 19.7 Å². The normalized spacial score (nSPS) is 12.2. The molecule has 0 bridgehead atoms. The predicted octanol–water partition coefficient (Wildman–Crippen LogP) is 5.11. The van der Waals surface area contributed by atoms with Crippen molar-refractivity contribution in [3.63, 3.8) is 0 Å². The molecule has 29 heavy (non-hydrogen) atoms. The summed E-state index contributed by atoms with van der Waals surface area (Å²) in [6.07, 6.45) is 6.94. The fraction of sp³-hybridized carbons (Fsp3) is 0.143. The molecule has 4 aromatic rings. The van der Waals surface area contributed by atoms with Crippen molar-refractivity contribution < 1.29 is 9.53 Å². The largest absolute Gasteiger partial charge is 0.444 e. The van der Waals surface area contributed by atoms with E-state index in [-0.39, 0.29) is 5.91 Å². The first-order chi connectivity index (χ1) is 14.2. The zero-order valence-electron chi connectivity index (χ0n) is 15.5. The molecule has 1 amide bonds. The van der Waals surface area contributed by atoms with Gasteiger partial charge in [-0.25, -0.2) is 9.36 Å². The number of carbonyl (C=O) groups excluding carboxylic acids is 1. The molecular formula is C21H16N4O2S2. The van der Waals surface area contributed by atoms with E-state index in [4.69, 9.17) is 4.74 Å². The van der Waals surface area contributed by atoms with Crippen molar-refractivity contribution in [2.24, 2.45) is 0 Å². The van der Waals surface area contributed by atoms with Crippen LogP contribution in [0.1, 0.15) is 26.5 Å². The third-order valence-electron chi connectivity index (χ3n) is 4.76. The topological polar surface area (TPSA) is 77.0 Å². The monoisotopic (exact) mass is 420 g/mol. The van der Waals surface area contributed by atoms with Crippen LogP contribution in [0.15, 0.2) is 48.9 Å². The molecule has 0 saturated carbocycles. The SMILES string of the molecule is Cc1ncccc1Oc1sc(C(=O)Nc2ccccn2)c2c1-c1sncc1CC2. The standard InChI is InChI=1S/C21H16N4O2S2/c1-12-15(5-4-10-22-12)27-21-17-14(8-7-13-11-24-29-18(13)17)19(28-21)20(26)25-16-6-2-3-9-23-16/h2-6,9-11H,7-8H2,1H3,(H,23,25,26). The maximum absolute atomic E-state index is 13.0. The van der Waals surface area contributed by atoms with Gasteiger partial charge >= 0.3 is 0 Å². The van der Waals surface area contributed by atoms with Crippen LogP contribution < -0.4 is 10.1 Å². The molecule has 4 heterocycles. The number of fused-ring (bicyclic) bond motifs is 3. The number of hydrogen-bond donors (Lipinski definition) is 1. The fourth-order valence-electron chi connectivity index (χ4n) is 3.36. The van der Waals surface area contributed by atoms with Crippen molar-refractivity contribution in [3.8, 4) is 21.3 Å². The van der Waals surface area contributed by atoms with Crippen molar-refractivity contribution in [2.45, 2.75) is 19.8 Å². The quantitative estimate of drug-likeness (QED) is 0.496. The molecule has 0 aliphatic heterocycles. The molecule has 5 rings (SSSR count). The van der Waals surface area contributed by atoms with Crippen molar-refractivity contribution >= 4 is 34.6 Å². The molecule has 0 atom stereocenters. The highest BCUT2D eigenvalue weighted by Crippen LogP contribution is 2.50. The van der Waals surface area contributed by atoms with Gasteiger partial charge in [-0.05, 0) is 66.7 Å². The fourth-order valence-corrected chi connectivity index (χ4v) is 5.40. The van der Waals surface area contributed by atoms with Gasteiger partial charge in [-0.2, -0.15) is 0 Å². The van der Waals surface area contributed by atoms with E-state index in [1.54, 1.807) is 18.5 Å². The second kappa shape index (κ2) is 7.38. The molecule has 0 fully saturated rings. The summed E-state index contributed by atoms with van der Waals surface area (Å²) in [6, 6.07) is 9.16. The summed E-state index contributed by atoms with van der Waals surface area (Å²) in [7, 11) is 0. The van der Waals surface area contributed by atoms with Gasteiger partial charge in [-0.3, -0.25) is 9.78 Å². The van der Waals surface area contributed by atoms with Crippen LogP contribution in [0, 0.1) is 6.92 Å². The molecule has 1 aliphatic carbocycles. The molecule has 0 unspecified atom stereocenters. The van der Waals surface area contributed by atoms with Crippen LogP contribution in [0.25, 0.3) is 10.4 Å². The van der Waals surface area contributed by atoms with E-state index in [1.165, 1.54) is 28.4 Å². The Hall–Kier alpha value is -3.10. The van der Waals surface area contributed by atoms with Crippen LogP contribution in [0.3, 0.4) is 0 Å². The molecule has 1 aliphatic rings. The highest BCUT2D eigenvalue weighted by Gasteiger charge is 2.31. The summed E-state index contributed by atoms with van der Waals surface area (Å²) in [6.45, 7) is 1.90. The molecule has 0 radical (unpaired) electrons. The molecule has 6 nitrogen and oxygen atoms in total. The van der Waals surface area contributed by atoms with E-state index in [0.717, 1.165) is 34.5 Å². The predicted molar refractivity (Wildman–Crippen MR) is 114 cm³/mol. The zero-order chi connectivity index (χ0) is 19.8. The van der Waals surface area contributed by atoms with E-state index >= 15 is 0 Å². The summed E-state index contributed by atoms with van der Waals surface area (Å²) < 4.78 is 10.6. The zero-order valence-corrected chi connectivity index (χ0v) is 17.1. The van der Waals surface area contributed by atoms with Gasteiger partial charge < -0.3 is 10.1 Å². The van der Waals surface area contributed by atoms with Crippen molar-refractivity contribution in [1.29, 1.82) is 0 Å². The molecule has 1 N–H and O–H groups in total. The number of aromatic nitrogens is 3. The number of nitrogens with zero attached hydrogens (tertiary/aromatic N) is 3. The second-order valence-electron chi connectivity index (χ2n) is 6.61.